The van der Waals surface area contributed by atoms with Gasteiger partial charge in [-0.05, 0) is 17.6 Å². The molecule has 2 nitrogen and oxygen atoms in total. The molecule has 0 radical (unpaired) electrons. The molecule has 0 rings (SSSR count). The number of carbonyl (C=O) groups is 1. The highest BCUT2D eigenvalue weighted by Gasteiger charge is 2.17. The first-order valence-corrected chi connectivity index (χ1v) is 4.33. The van der Waals surface area contributed by atoms with Crippen molar-refractivity contribution in [2.45, 2.75) is 26.7 Å². The Kier molecular flexibility index (Phi) is 4.57. The molecule has 0 saturated carbocycles. The van der Waals surface area contributed by atoms with E-state index in [2.05, 4.69) is 31.2 Å². The average molecular weight is 176 g/mol. The Morgan fingerprint density at radius 3 is 2.45 bits per heavy atom. The quantitative estimate of drug-likeness (QED) is 0.523. The van der Waals surface area contributed by atoms with Gasteiger partial charge in [-0.1, -0.05) is 13.8 Å². The van der Waals surface area contributed by atoms with Gasteiger partial charge < -0.3 is 4.74 Å². The Morgan fingerprint density at radius 2 is 2.09 bits per heavy atom. The van der Waals surface area contributed by atoms with Crippen molar-refractivity contribution < 1.29 is 9.53 Å². The molecule has 66 valence electrons. The standard InChI is InChI=1S/C8H16O2S/c1-8(2,6-11)5-4-7(9)10-3/h11H,4-6H2,1-3H3. The Hall–Kier alpha value is -0.180. The number of hydrogen-bond acceptors (Lipinski definition) is 3. The fraction of sp³-hybridized carbons (Fsp3) is 0.875. The summed E-state index contributed by atoms with van der Waals surface area (Å²) in [5.74, 6) is 0.657. The number of thiol groups is 1. The van der Waals surface area contributed by atoms with Gasteiger partial charge in [0.25, 0.3) is 0 Å². The largest absolute Gasteiger partial charge is 0.469 e. The van der Waals surface area contributed by atoms with Crippen molar-refractivity contribution in [2.24, 2.45) is 5.41 Å². The molecule has 0 aromatic heterocycles. The van der Waals surface area contributed by atoms with Gasteiger partial charge in [-0.3, -0.25) is 4.79 Å². The molecule has 0 aliphatic heterocycles. The zero-order valence-corrected chi connectivity index (χ0v) is 8.28. The highest BCUT2D eigenvalue weighted by atomic mass is 32.1. The number of hydrogen-bond donors (Lipinski definition) is 1. The molecule has 0 bridgehead atoms. The van der Waals surface area contributed by atoms with Gasteiger partial charge >= 0.3 is 5.97 Å². The van der Waals surface area contributed by atoms with Crippen LogP contribution in [0.1, 0.15) is 26.7 Å². The van der Waals surface area contributed by atoms with E-state index in [-0.39, 0.29) is 11.4 Å². The van der Waals surface area contributed by atoms with Crippen molar-refractivity contribution in [2.75, 3.05) is 12.9 Å². The van der Waals surface area contributed by atoms with Crippen molar-refractivity contribution in [3.05, 3.63) is 0 Å². The van der Waals surface area contributed by atoms with Crippen molar-refractivity contribution in [3.8, 4) is 0 Å². The molecule has 0 amide bonds. The first-order chi connectivity index (χ1) is 5.02. The van der Waals surface area contributed by atoms with Gasteiger partial charge in [-0.25, -0.2) is 0 Å². The fourth-order valence-corrected chi connectivity index (χ4v) is 0.780. The van der Waals surface area contributed by atoms with E-state index in [1.807, 2.05) is 0 Å². The van der Waals surface area contributed by atoms with Crippen LogP contribution in [0.4, 0.5) is 0 Å². The number of ether oxygens (including phenoxy) is 1. The molecule has 3 heteroatoms. The Bertz CT molecular complexity index is 132. The Balaban J connectivity index is 3.61. The first kappa shape index (κ1) is 10.8. The lowest BCUT2D eigenvalue weighted by molar-refractivity contribution is -0.141. The minimum absolute atomic E-state index is 0.136. The van der Waals surface area contributed by atoms with Crippen LogP contribution in [0.25, 0.3) is 0 Å². The minimum atomic E-state index is -0.139. The van der Waals surface area contributed by atoms with E-state index >= 15 is 0 Å². The fourth-order valence-electron chi connectivity index (χ4n) is 0.622. The third kappa shape index (κ3) is 5.13. The molecule has 0 spiro atoms. The number of rotatable bonds is 4. The second-order valence-electron chi connectivity index (χ2n) is 3.40. The maximum atomic E-state index is 10.7. The highest BCUT2D eigenvalue weighted by molar-refractivity contribution is 7.80. The van der Waals surface area contributed by atoms with Gasteiger partial charge in [0.05, 0.1) is 7.11 Å². The second kappa shape index (κ2) is 4.65. The topological polar surface area (TPSA) is 26.3 Å². The summed E-state index contributed by atoms with van der Waals surface area (Å²) in [6, 6.07) is 0. The maximum absolute atomic E-state index is 10.7. The van der Waals surface area contributed by atoms with E-state index in [4.69, 9.17) is 0 Å². The van der Waals surface area contributed by atoms with Gasteiger partial charge in [0.15, 0.2) is 0 Å². The zero-order chi connectivity index (χ0) is 8.91. The molecular weight excluding hydrogens is 160 g/mol. The molecule has 0 fully saturated rings. The molecule has 0 aliphatic rings. The lowest BCUT2D eigenvalue weighted by Gasteiger charge is -2.20. The van der Waals surface area contributed by atoms with E-state index < -0.39 is 0 Å². The van der Waals surface area contributed by atoms with Crippen molar-refractivity contribution in [1.29, 1.82) is 0 Å². The average Bonchev–Trinajstić information content (AvgIpc) is 2.00. The smallest absolute Gasteiger partial charge is 0.305 e. The lowest BCUT2D eigenvalue weighted by atomic mass is 9.90. The summed E-state index contributed by atoms with van der Waals surface area (Å²) in [4.78, 5) is 10.7. The van der Waals surface area contributed by atoms with E-state index in [1.54, 1.807) is 0 Å². The van der Waals surface area contributed by atoms with Gasteiger partial charge in [-0.2, -0.15) is 12.6 Å². The third-order valence-electron chi connectivity index (χ3n) is 1.66. The highest BCUT2D eigenvalue weighted by Crippen LogP contribution is 2.23. The molecular formula is C8H16O2S. The molecule has 0 aliphatic carbocycles. The number of carbonyl (C=O) groups excluding carboxylic acids is 1. The van der Waals surface area contributed by atoms with Crippen LogP contribution < -0.4 is 0 Å². The molecule has 0 atom stereocenters. The van der Waals surface area contributed by atoms with Crippen LogP contribution in [-0.4, -0.2) is 18.8 Å². The van der Waals surface area contributed by atoms with E-state index in [0.717, 1.165) is 12.2 Å². The van der Waals surface area contributed by atoms with Crippen molar-refractivity contribution in [3.63, 3.8) is 0 Å². The van der Waals surface area contributed by atoms with Crippen LogP contribution in [-0.2, 0) is 9.53 Å². The predicted octanol–water partition coefficient (Wildman–Crippen LogP) is 1.90. The van der Waals surface area contributed by atoms with Gasteiger partial charge in [-0.15, -0.1) is 0 Å². The van der Waals surface area contributed by atoms with Crippen LogP contribution in [0.5, 0.6) is 0 Å². The second-order valence-corrected chi connectivity index (χ2v) is 3.71. The number of esters is 1. The summed E-state index contributed by atoms with van der Waals surface area (Å²) in [5, 5.41) is 0. The zero-order valence-electron chi connectivity index (χ0n) is 7.39. The van der Waals surface area contributed by atoms with Gasteiger partial charge in [0.1, 0.15) is 0 Å². The normalized spacial score (nSPS) is 11.3. The van der Waals surface area contributed by atoms with E-state index in [0.29, 0.717) is 6.42 Å². The SMILES string of the molecule is COC(=O)CCC(C)(C)CS. The summed E-state index contributed by atoms with van der Waals surface area (Å²) >= 11 is 4.18. The third-order valence-corrected chi connectivity index (χ3v) is 2.52. The molecule has 0 aromatic carbocycles. The maximum Gasteiger partial charge on any atom is 0.305 e. The molecule has 0 N–H and O–H groups in total. The molecule has 0 heterocycles. The van der Waals surface area contributed by atoms with Crippen molar-refractivity contribution in [1.82, 2.24) is 0 Å². The molecule has 11 heavy (non-hydrogen) atoms. The van der Waals surface area contributed by atoms with E-state index in [9.17, 15) is 4.79 Å². The van der Waals surface area contributed by atoms with Crippen LogP contribution in [0.15, 0.2) is 0 Å². The summed E-state index contributed by atoms with van der Waals surface area (Å²) < 4.78 is 4.53. The van der Waals surface area contributed by atoms with Gasteiger partial charge in [0, 0.05) is 6.42 Å². The van der Waals surface area contributed by atoms with Crippen LogP contribution in [0.2, 0.25) is 0 Å². The van der Waals surface area contributed by atoms with Crippen LogP contribution in [0.3, 0.4) is 0 Å². The minimum Gasteiger partial charge on any atom is -0.469 e. The van der Waals surface area contributed by atoms with E-state index in [1.165, 1.54) is 7.11 Å². The first-order valence-electron chi connectivity index (χ1n) is 3.69. The summed E-state index contributed by atoms with van der Waals surface area (Å²) in [6.07, 6.45) is 1.33. The molecule has 0 saturated heterocycles. The summed E-state index contributed by atoms with van der Waals surface area (Å²) in [7, 11) is 1.41. The monoisotopic (exact) mass is 176 g/mol. The Morgan fingerprint density at radius 1 is 1.55 bits per heavy atom. The van der Waals surface area contributed by atoms with Crippen LogP contribution >= 0.6 is 12.6 Å². The lowest BCUT2D eigenvalue weighted by Crippen LogP contribution is -2.15. The Labute approximate surface area is 73.7 Å². The number of methoxy groups -OCH3 is 1. The molecule has 0 aromatic rings. The molecule has 0 unspecified atom stereocenters. The summed E-state index contributed by atoms with van der Waals surface area (Å²) in [5.41, 5.74) is 0.136. The predicted molar refractivity (Wildman–Crippen MR) is 48.9 cm³/mol. The van der Waals surface area contributed by atoms with Crippen LogP contribution in [0, 0.1) is 5.41 Å². The van der Waals surface area contributed by atoms with Gasteiger partial charge in [0.2, 0.25) is 0 Å². The summed E-state index contributed by atoms with van der Waals surface area (Å²) in [6.45, 7) is 4.17. The van der Waals surface area contributed by atoms with Crippen molar-refractivity contribution >= 4 is 18.6 Å².